The topological polar surface area (TPSA) is 55.2 Å². The van der Waals surface area contributed by atoms with Crippen LogP contribution >= 0.6 is 23.2 Å². The maximum absolute atomic E-state index is 10.9. The van der Waals surface area contributed by atoms with E-state index in [0.29, 0.717) is 28.7 Å². The third kappa shape index (κ3) is 3.73. The lowest BCUT2D eigenvalue weighted by molar-refractivity contribution is -0.385. The van der Waals surface area contributed by atoms with Crippen LogP contribution in [0.25, 0.3) is 0 Å². The van der Waals surface area contributed by atoms with E-state index in [1.165, 1.54) is 6.07 Å². The van der Waals surface area contributed by atoms with Gasteiger partial charge in [0.25, 0.3) is 5.69 Å². The molecule has 0 radical (unpaired) electrons. The van der Waals surface area contributed by atoms with Crippen LogP contribution in [0.4, 0.5) is 5.69 Å². The summed E-state index contributed by atoms with van der Waals surface area (Å²) in [4.78, 5) is 10.5. The van der Waals surface area contributed by atoms with Crippen LogP contribution in [0.2, 0.25) is 10.0 Å². The minimum Gasteiger partial charge on any atom is -0.308 e. The van der Waals surface area contributed by atoms with Gasteiger partial charge in [-0.25, -0.2) is 0 Å². The van der Waals surface area contributed by atoms with Gasteiger partial charge in [-0.3, -0.25) is 10.1 Å². The second-order valence-corrected chi connectivity index (χ2v) is 5.44. The third-order valence-corrected chi connectivity index (χ3v) is 4.00. The van der Waals surface area contributed by atoms with E-state index < -0.39 is 0 Å². The molecule has 0 fully saturated rings. The van der Waals surface area contributed by atoms with Crippen molar-refractivity contribution in [3.8, 4) is 0 Å². The lowest BCUT2D eigenvalue weighted by atomic mass is 10.1. The normalized spacial score (nSPS) is 10.6. The number of nitrogens with one attached hydrogen (secondary N) is 1. The van der Waals surface area contributed by atoms with E-state index in [4.69, 9.17) is 23.2 Å². The molecule has 0 atom stereocenters. The van der Waals surface area contributed by atoms with Crippen LogP contribution in [-0.2, 0) is 13.1 Å². The maximum atomic E-state index is 10.9. The Morgan fingerprint density at radius 3 is 2.33 bits per heavy atom. The number of halogens is 2. The average Bonchev–Trinajstić information content (AvgIpc) is 2.43. The molecule has 21 heavy (non-hydrogen) atoms. The highest BCUT2D eigenvalue weighted by atomic mass is 35.5. The molecule has 0 spiro atoms. The Hall–Kier alpha value is -1.62. The van der Waals surface area contributed by atoms with Crippen LogP contribution < -0.4 is 5.32 Å². The van der Waals surface area contributed by atoms with Gasteiger partial charge in [-0.1, -0.05) is 41.4 Å². The molecule has 0 aliphatic heterocycles. The van der Waals surface area contributed by atoms with Gasteiger partial charge in [0.05, 0.1) is 4.92 Å². The lowest BCUT2D eigenvalue weighted by Crippen LogP contribution is -2.14. The summed E-state index contributed by atoms with van der Waals surface area (Å²) in [6, 6.07) is 10.4. The summed E-state index contributed by atoms with van der Waals surface area (Å²) in [5.41, 5.74) is 2.50. The summed E-state index contributed by atoms with van der Waals surface area (Å²) in [6.07, 6.45) is 0. The predicted molar refractivity (Wildman–Crippen MR) is 84.8 cm³/mol. The summed E-state index contributed by atoms with van der Waals surface area (Å²) in [5.74, 6) is 0. The van der Waals surface area contributed by atoms with E-state index >= 15 is 0 Å². The molecule has 110 valence electrons. The second kappa shape index (κ2) is 6.89. The number of nitrogens with zero attached hydrogens (tertiary/aromatic N) is 1. The van der Waals surface area contributed by atoms with Gasteiger partial charge in [0.2, 0.25) is 0 Å². The van der Waals surface area contributed by atoms with Crippen molar-refractivity contribution in [2.24, 2.45) is 0 Å². The molecule has 0 bridgehead atoms. The van der Waals surface area contributed by atoms with E-state index in [0.717, 1.165) is 11.1 Å². The minimum absolute atomic E-state index is 0.130. The number of nitro benzene ring substituents is 1. The first kappa shape index (κ1) is 15.8. The highest BCUT2D eigenvalue weighted by Crippen LogP contribution is 2.24. The molecule has 0 aliphatic carbocycles. The molecule has 6 heteroatoms. The molecule has 4 nitrogen and oxygen atoms in total. The molecule has 0 aromatic heterocycles. The fraction of sp³-hybridized carbons (Fsp3) is 0.200. The quantitative estimate of drug-likeness (QED) is 0.650. The zero-order chi connectivity index (χ0) is 15.4. The molecule has 0 heterocycles. The molecular formula is C15H14Cl2N2O2. The van der Waals surface area contributed by atoms with Crippen LogP contribution in [0.3, 0.4) is 0 Å². The van der Waals surface area contributed by atoms with Gasteiger partial charge in [0, 0.05) is 40.3 Å². The van der Waals surface area contributed by atoms with Gasteiger partial charge >= 0.3 is 0 Å². The fourth-order valence-corrected chi connectivity index (χ4v) is 2.61. The first-order valence-corrected chi connectivity index (χ1v) is 7.12. The first-order chi connectivity index (χ1) is 10.0. The van der Waals surface area contributed by atoms with Crippen LogP contribution in [0.15, 0.2) is 36.4 Å². The molecular weight excluding hydrogens is 311 g/mol. The molecule has 1 N–H and O–H groups in total. The molecule has 0 aliphatic rings. The van der Waals surface area contributed by atoms with E-state index in [-0.39, 0.29) is 10.6 Å². The van der Waals surface area contributed by atoms with Crippen molar-refractivity contribution >= 4 is 28.9 Å². The van der Waals surface area contributed by atoms with E-state index in [1.807, 2.05) is 6.07 Å². The SMILES string of the molecule is Cc1c(CNCc2c(Cl)cccc2Cl)cccc1[N+](=O)[O-]. The van der Waals surface area contributed by atoms with Crippen molar-refractivity contribution in [1.82, 2.24) is 5.32 Å². The second-order valence-electron chi connectivity index (χ2n) is 4.62. The largest absolute Gasteiger partial charge is 0.308 e. The first-order valence-electron chi connectivity index (χ1n) is 6.37. The molecule has 2 rings (SSSR count). The van der Waals surface area contributed by atoms with Crippen LogP contribution in [-0.4, -0.2) is 4.92 Å². The van der Waals surface area contributed by atoms with Gasteiger partial charge in [-0.05, 0) is 24.6 Å². The van der Waals surface area contributed by atoms with Crippen molar-refractivity contribution in [3.63, 3.8) is 0 Å². The van der Waals surface area contributed by atoms with Crippen molar-refractivity contribution < 1.29 is 4.92 Å². The Morgan fingerprint density at radius 1 is 1.10 bits per heavy atom. The highest BCUT2D eigenvalue weighted by molar-refractivity contribution is 6.35. The van der Waals surface area contributed by atoms with Gasteiger partial charge < -0.3 is 5.32 Å². The highest BCUT2D eigenvalue weighted by Gasteiger charge is 2.13. The Morgan fingerprint density at radius 2 is 1.71 bits per heavy atom. The predicted octanol–water partition coefficient (Wildman–Crippen LogP) is 4.50. The van der Waals surface area contributed by atoms with E-state index in [9.17, 15) is 10.1 Å². The van der Waals surface area contributed by atoms with E-state index in [2.05, 4.69) is 5.32 Å². The molecule has 2 aromatic carbocycles. The van der Waals surface area contributed by atoms with Crippen LogP contribution in [0.1, 0.15) is 16.7 Å². The third-order valence-electron chi connectivity index (χ3n) is 3.29. The summed E-state index contributed by atoms with van der Waals surface area (Å²) in [5, 5.41) is 15.3. The van der Waals surface area contributed by atoms with Crippen molar-refractivity contribution in [1.29, 1.82) is 0 Å². The molecule has 0 amide bonds. The van der Waals surface area contributed by atoms with Crippen molar-refractivity contribution in [2.75, 3.05) is 0 Å². The minimum atomic E-state index is -0.371. The van der Waals surface area contributed by atoms with Gasteiger partial charge in [-0.2, -0.15) is 0 Å². The number of benzene rings is 2. The summed E-state index contributed by atoms with van der Waals surface area (Å²) < 4.78 is 0. The lowest BCUT2D eigenvalue weighted by Gasteiger charge is -2.10. The molecule has 0 saturated heterocycles. The number of nitro groups is 1. The monoisotopic (exact) mass is 324 g/mol. The van der Waals surface area contributed by atoms with Crippen LogP contribution in [0.5, 0.6) is 0 Å². The zero-order valence-electron chi connectivity index (χ0n) is 11.4. The Balaban J connectivity index is 2.08. The van der Waals surface area contributed by atoms with Crippen molar-refractivity contribution in [3.05, 3.63) is 73.2 Å². The Labute approximate surface area is 132 Å². The molecule has 2 aromatic rings. The summed E-state index contributed by atoms with van der Waals surface area (Å²) in [7, 11) is 0. The zero-order valence-corrected chi connectivity index (χ0v) is 12.9. The van der Waals surface area contributed by atoms with Crippen molar-refractivity contribution in [2.45, 2.75) is 20.0 Å². The smallest absolute Gasteiger partial charge is 0.272 e. The maximum Gasteiger partial charge on any atom is 0.272 e. The summed E-state index contributed by atoms with van der Waals surface area (Å²) in [6.45, 7) is 2.76. The van der Waals surface area contributed by atoms with Gasteiger partial charge in [-0.15, -0.1) is 0 Å². The van der Waals surface area contributed by atoms with Crippen LogP contribution in [0, 0.1) is 17.0 Å². The molecule has 0 saturated carbocycles. The average molecular weight is 325 g/mol. The number of hydrogen-bond acceptors (Lipinski definition) is 3. The van der Waals surface area contributed by atoms with Gasteiger partial charge in [0.1, 0.15) is 0 Å². The fourth-order valence-electron chi connectivity index (χ4n) is 2.08. The van der Waals surface area contributed by atoms with E-state index in [1.54, 1.807) is 31.2 Å². The number of hydrogen-bond donors (Lipinski definition) is 1. The summed E-state index contributed by atoms with van der Waals surface area (Å²) >= 11 is 12.2. The number of rotatable bonds is 5. The standard InChI is InChI=1S/C15H14Cl2N2O2/c1-10-11(4-2-7-15(10)19(20)21)8-18-9-12-13(16)5-3-6-14(12)17/h2-7,18H,8-9H2,1H3. The van der Waals surface area contributed by atoms with Gasteiger partial charge in [0.15, 0.2) is 0 Å². The Bertz CT molecular complexity index is 654. The Kier molecular flexibility index (Phi) is 5.17. The molecule has 0 unspecified atom stereocenters.